The molecule has 0 rings (SSSR count). The lowest BCUT2D eigenvalue weighted by Crippen LogP contribution is -2.30. The number of rotatable bonds is 8. The summed E-state index contributed by atoms with van der Waals surface area (Å²) in [5.41, 5.74) is 0. The Morgan fingerprint density at radius 3 is 2.54 bits per heavy atom. The van der Waals surface area contributed by atoms with Crippen LogP contribution >= 0.6 is 0 Å². The molecule has 0 aromatic carbocycles. The van der Waals surface area contributed by atoms with Crippen LogP contribution in [0.25, 0.3) is 0 Å². The predicted octanol–water partition coefficient (Wildman–Crippen LogP) is 0.953. The molecule has 0 aromatic rings. The SMILES string of the molecule is COCCNCCCN(C)C(C)C. The van der Waals surface area contributed by atoms with Crippen LogP contribution in [0, 0.1) is 0 Å². The van der Waals surface area contributed by atoms with Crippen molar-refractivity contribution in [2.75, 3.05) is 40.4 Å². The Morgan fingerprint density at radius 1 is 1.31 bits per heavy atom. The van der Waals surface area contributed by atoms with Crippen LogP contribution in [0.4, 0.5) is 0 Å². The van der Waals surface area contributed by atoms with Gasteiger partial charge in [0.25, 0.3) is 0 Å². The molecule has 0 bridgehead atoms. The fourth-order valence-electron chi connectivity index (χ4n) is 1.01. The number of hydrogen-bond donors (Lipinski definition) is 1. The molecule has 0 amide bonds. The lowest BCUT2D eigenvalue weighted by molar-refractivity contribution is 0.198. The largest absolute Gasteiger partial charge is 0.383 e. The van der Waals surface area contributed by atoms with Gasteiger partial charge >= 0.3 is 0 Å². The standard InChI is InChI=1S/C10H24N2O/c1-10(2)12(3)8-5-6-11-7-9-13-4/h10-11H,5-9H2,1-4H3. The average Bonchev–Trinajstić information content (AvgIpc) is 2.10. The summed E-state index contributed by atoms with van der Waals surface area (Å²) in [6, 6.07) is 0.652. The topological polar surface area (TPSA) is 24.5 Å². The van der Waals surface area contributed by atoms with Crippen LogP contribution in [0.2, 0.25) is 0 Å². The zero-order valence-electron chi connectivity index (χ0n) is 9.47. The van der Waals surface area contributed by atoms with Crippen molar-refractivity contribution in [3.8, 4) is 0 Å². The van der Waals surface area contributed by atoms with Crippen molar-refractivity contribution in [1.82, 2.24) is 10.2 Å². The zero-order chi connectivity index (χ0) is 10.1. The van der Waals surface area contributed by atoms with Gasteiger partial charge in [0.05, 0.1) is 6.61 Å². The zero-order valence-corrected chi connectivity index (χ0v) is 9.47. The highest BCUT2D eigenvalue weighted by Gasteiger charge is 2.00. The minimum absolute atomic E-state index is 0.652. The highest BCUT2D eigenvalue weighted by molar-refractivity contribution is 4.57. The quantitative estimate of drug-likeness (QED) is 0.574. The fourth-order valence-corrected chi connectivity index (χ4v) is 1.01. The van der Waals surface area contributed by atoms with Gasteiger partial charge in [0.1, 0.15) is 0 Å². The molecule has 0 fully saturated rings. The Bertz CT molecular complexity index is 107. The number of methoxy groups -OCH3 is 1. The van der Waals surface area contributed by atoms with Crippen molar-refractivity contribution in [3.63, 3.8) is 0 Å². The molecule has 0 atom stereocenters. The molecule has 0 aromatic heterocycles. The van der Waals surface area contributed by atoms with Crippen LogP contribution in [0.1, 0.15) is 20.3 Å². The molecule has 3 heteroatoms. The van der Waals surface area contributed by atoms with Crippen LogP contribution < -0.4 is 5.32 Å². The van der Waals surface area contributed by atoms with Crippen LogP contribution in [0.3, 0.4) is 0 Å². The summed E-state index contributed by atoms with van der Waals surface area (Å²) in [5.74, 6) is 0. The highest BCUT2D eigenvalue weighted by atomic mass is 16.5. The molecule has 0 saturated heterocycles. The van der Waals surface area contributed by atoms with Crippen molar-refractivity contribution in [3.05, 3.63) is 0 Å². The van der Waals surface area contributed by atoms with Crippen LogP contribution in [0.15, 0.2) is 0 Å². The molecule has 1 N–H and O–H groups in total. The number of ether oxygens (including phenoxy) is 1. The normalized spacial score (nSPS) is 11.5. The van der Waals surface area contributed by atoms with Crippen molar-refractivity contribution in [2.45, 2.75) is 26.3 Å². The summed E-state index contributed by atoms with van der Waals surface area (Å²) in [6.07, 6.45) is 1.21. The Morgan fingerprint density at radius 2 is 2.00 bits per heavy atom. The lowest BCUT2D eigenvalue weighted by atomic mass is 10.3. The van der Waals surface area contributed by atoms with E-state index >= 15 is 0 Å². The molecular formula is C10H24N2O. The summed E-state index contributed by atoms with van der Waals surface area (Å²) in [5, 5.41) is 3.33. The molecule has 0 heterocycles. The van der Waals surface area contributed by atoms with Crippen LogP contribution in [0.5, 0.6) is 0 Å². The molecule has 80 valence electrons. The summed E-state index contributed by atoms with van der Waals surface area (Å²) in [4.78, 5) is 2.36. The molecule has 0 aliphatic heterocycles. The summed E-state index contributed by atoms with van der Waals surface area (Å²) in [7, 11) is 3.90. The van der Waals surface area contributed by atoms with Crippen molar-refractivity contribution < 1.29 is 4.74 Å². The van der Waals surface area contributed by atoms with E-state index in [1.165, 1.54) is 6.42 Å². The van der Waals surface area contributed by atoms with E-state index < -0.39 is 0 Å². The van der Waals surface area contributed by atoms with E-state index in [4.69, 9.17) is 4.74 Å². The summed E-state index contributed by atoms with van der Waals surface area (Å²) in [6.45, 7) is 8.46. The Labute approximate surface area is 82.4 Å². The highest BCUT2D eigenvalue weighted by Crippen LogP contribution is 1.93. The molecule has 0 radical (unpaired) electrons. The number of nitrogens with zero attached hydrogens (tertiary/aromatic N) is 1. The lowest BCUT2D eigenvalue weighted by Gasteiger charge is -2.20. The monoisotopic (exact) mass is 188 g/mol. The van der Waals surface area contributed by atoms with Crippen LogP contribution in [-0.4, -0.2) is 51.3 Å². The molecule has 13 heavy (non-hydrogen) atoms. The first-order chi connectivity index (χ1) is 6.18. The first-order valence-corrected chi connectivity index (χ1v) is 5.08. The van der Waals surface area contributed by atoms with Gasteiger partial charge in [0, 0.05) is 19.7 Å². The fraction of sp³-hybridized carbons (Fsp3) is 1.00. The van der Waals surface area contributed by atoms with Gasteiger partial charge in [-0.15, -0.1) is 0 Å². The van der Waals surface area contributed by atoms with E-state index in [2.05, 4.69) is 31.1 Å². The van der Waals surface area contributed by atoms with E-state index in [1.54, 1.807) is 7.11 Å². The molecule has 0 aliphatic carbocycles. The first kappa shape index (κ1) is 12.9. The van der Waals surface area contributed by atoms with Gasteiger partial charge in [-0.05, 0) is 40.4 Å². The van der Waals surface area contributed by atoms with E-state index in [9.17, 15) is 0 Å². The smallest absolute Gasteiger partial charge is 0.0587 e. The van der Waals surface area contributed by atoms with E-state index in [1.807, 2.05) is 0 Å². The van der Waals surface area contributed by atoms with Crippen LogP contribution in [-0.2, 0) is 4.74 Å². The van der Waals surface area contributed by atoms with Gasteiger partial charge in [-0.1, -0.05) is 0 Å². The third kappa shape index (κ3) is 8.22. The van der Waals surface area contributed by atoms with Gasteiger partial charge in [0.15, 0.2) is 0 Å². The maximum Gasteiger partial charge on any atom is 0.0587 e. The van der Waals surface area contributed by atoms with Gasteiger partial charge in [-0.3, -0.25) is 0 Å². The first-order valence-electron chi connectivity index (χ1n) is 5.08. The third-order valence-electron chi connectivity index (χ3n) is 2.23. The minimum Gasteiger partial charge on any atom is -0.383 e. The number of hydrogen-bond acceptors (Lipinski definition) is 3. The maximum atomic E-state index is 4.93. The molecule has 3 nitrogen and oxygen atoms in total. The Balaban J connectivity index is 3.07. The van der Waals surface area contributed by atoms with Gasteiger partial charge < -0.3 is 15.0 Å². The van der Waals surface area contributed by atoms with Crippen molar-refractivity contribution in [2.24, 2.45) is 0 Å². The predicted molar refractivity (Wildman–Crippen MR) is 57.1 cm³/mol. The second kappa shape index (κ2) is 8.48. The van der Waals surface area contributed by atoms with Crippen molar-refractivity contribution >= 4 is 0 Å². The third-order valence-corrected chi connectivity index (χ3v) is 2.23. The maximum absolute atomic E-state index is 4.93. The Hall–Kier alpha value is -0.120. The molecule has 0 saturated carbocycles. The van der Waals surface area contributed by atoms with Gasteiger partial charge in [-0.25, -0.2) is 0 Å². The van der Waals surface area contributed by atoms with E-state index in [0.717, 1.165) is 26.2 Å². The molecule has 0 spiro atoms. The van der Waals surface area contributed by atoms with E-state index in [-0.39, 0.29) is 0 Å². The summed E-state index contributed by atoms with van der Waals surface area (Å²) >= 11 is 0. The second-order valence-corrected chi connectivity index (χ2v) is 3.67. The minimum atomic E-state index is 0.652. The average molecular weight is 188 g/mol. The Kier molecular flexibility index (Phi) is 8.40. The summed E-state index contributed by atoms with van der Waals surface area (Å²) < 4.78 is 4.93. The second-order valence-electron chi connectivity index (χ2n) is 3.67. The van der Waals surface area contributed by atoms with E-state index in [0.29, 0.717) is 6.04 Å². The van der Waals surface area contributed by atoms with Gasteiger partial charge in [0.2, 0.25) is 0 Å². The van der Waals surface area contributed by atoms with Crippen molar-refractivity contribution in [1.29, 1.82) is 0 Å². The number of nitrogens with one attached hydrogen (secondary N) is 1. The molecule has 0 unspecified atom stereocenters. The molecular weight excluding hydrogens is 164 g/mol. The van der Waals surface area contributed by atoms with Gasteiger partial charge in [-0.2, -0.15) is 0 Å². The molecule has 0 aliphatic rings.